The van der Waals surface area contributed by atoms with E-state index in [9.17, 15) is 13.2 Å². The van der Waals surface area contributed by atoms with Gasteiger partial charge in [-0.15, -0.1) is 0 Å². The van der Waals surface area contributed by atoms with Gasteiger partial charge in [-0.2, -0.15) is 0 Å². The Labute approximate surface area is 110 Å². The molecule has 0 spiro atoms. The number of halogens is 3. The number of aryl methyl sites for hydroxylation is 2. The minimum atomic E-state index is -0.549. The Bertz CT molecular complexity index is 609. The molecule has 4 heteroatoms. The molecule has 0 heterocycles. The van der Waals surface area contributed by atoms with Crippen molar-refractivity contribution in [1.82, 2.24) is 0 Å². The summed E-state index contributed by atoms with van der Waals surface area (Å²) < 4.78 is 40.4. The first-order valence-corrected chi connectivity index (χ1v) is 5.92. The van der Waals surface area contributed by atoms with Gasteiger partial charge in [0, 0.05) is 18.2 Å². The molecular formula is C15H14F3N. The molecule has 0 fully saturated rings. The van der Waals surface area contributed by atoms with Crippen molar-refractivity contribution < 1.29 is 13.2 Å². The standard InChI is InChI=1S/C15H14F3N/c1-9-3-4-12(16)11(5-9)8-19-15-7-13(17)10(2)6-14(15)18/h3-7,19H,8H2,1-2H3. The van der Waals surface area contributed by atoms with Crippen LogP contribution in [0.1, 0.15) is 16.7 Å². The topological polar surface area (TPSA) is 12.0 Å². The normalized spacial score (nSPS) is 10.6. The smallest absolute Gasteiger partial charge is 0.146 e. The second kappa shape index (κ2) is 5.34. The highest BCUT2D eigenvalue weighted by molar-refractivity contribution is 5.47. The van der Waals surface area contributed by atoms with E-state index in [4.69, 9.17) is 0 Å². The van der Waals surface area contributed by atoms with Crippen LogP contribution >= 0.6 is 0 Å². The van der Waals surface area contributed by atoms with E-state index in [1.165, 1.54) is 13.0 Å². The fourth-order valence-corrected chi connectivity index (χ4v) is 1.81. The van der Waals surface area contributed by atoms with E-state index in [0.717, 1.165) is 17.7 Å². The van der Waals surface area contributed by atoms with Gasteiger partial charge < -0.3 is 5.32 Å². The van der Waals surface area contributed by atoms with Crippen LogP contribution in [-0.4, -0.2) is 0 Å². The third kappa shape index (κ3) is 3.08. The van der Waals surface area contributed by atoms with Gasteiger partial charge in [-0.1, -0.05) is 17.7 Å². The summed E-state index contributed by atoms with van der Waals surface area (Å²) in [6.07, 6.45) is 0. The number of nitrogens with one attached hydrogen (secondary N) is 1. The zero-order chi connectivity index (χ0) is 14.0. The van der Waals surface area contributed by atoms with Crippen LogP contribution in [0.2, 0.25) is 0 Å². The van der Waals surface area contributed by atoms with Gasteiger partial charge in [0.05, 0.1) is 5.69 Å². The zero-order valence-corrected chi connectivity index (χ0v) is 10.7. The van der Waals surface area contributed by atoms with Crippen LogP contribution in [0.25, 0.3) is 0 Å². The van der Waals surface area contributed by atoms with Crippen LogP contribution in [0.5, 0.6) is 0 Å². The second-order valence-corrected chi connectivity index (χ2v) is 4.53. The minimum Gasteiger partial charge on any atom is -0.378 e. The predicted molar refractivity (Wildman–Crippen MR) is 69.6 cm³/mol. The fraction of sp³-hybridized carbons (Fsp3) is 0.200. The van der Waals surface area contributed by atoms with Gasteiger partial charge in [0.1, 0.15) is 17.5 Å². The quantitative estimate of drug-likeness (QED) is 0.870. The van der Waals surface area contributed by atoms with E-state index in [1.54, 1.807) is 12.1 Å². The first-order chi connectivity index (χ1) is 8.97. The first-order valence-electron chi connectivity index (χ1n) is 5.92. The van der Waals surface area contributed by atoms with Gasteiger partial charge in [-0.3, -0.25) is 0 Å². The molecule has 0 aromatic heterocycles. The minimum absolute atomic E-state index is 0.0315. The van der Waals surface area contributed by atoms with Crippen molar-refractivity contribution in [2.45, 2.75) is 20.4 Å². The molecule has 0 saturated carbocycles. The zero-order valence-electron chi connectivity index (χ0n) is 10.7. The van der Waals surface area contributed by atoms with E-state index in [1.807, 2.05) is 6.92 Å². The third-order valence-electron chi connectivity index (χ3n) is 2.92. The lowest BCUT2D eigenvalue weighted by atomic mass is 10.1. The summed E-state index contributed by atoms with van der Waals surface area (Å²) in [5.74, 6) is -1.41. The van der Waals surface area contributed by atoms with Crippen molar-refractivity contribution in [3.05, 3.63) is 64.5 Å². The molecule has 0 aliphatic rings. The molecule has 0 radical (unpaired) electrons. The monoisotopic (exact) mass is 265 g/mol. The Morgan fingerprint density at radius 3 is 2.37 bits per heavy atom. The summed E-state index contributed by atoms with van der Waals surface area (Å²) >= 11 is 0. The molecule has 0 aliphatic heterocycles. The average Bonchev–Trinajstić information content (AvgIpc) is 2.36. The molecule has 0 unspecified atom stereocenters. The maximum Gasteiger partial charge on any atom is 0.146 e. The number of benzene rings is 2. The van der Waals surface area contributed by atoms with Gasteiger partial charge >= 0.3 is 0 Å². The van der Waals surface area contributed by atoms with Crippen LogP contribution in [0.15, 0.2) is 30.3 Å². The molecular weight excluding hydrogens is 251 g/mol. The van der Waals surface area contributed by atoms with Crippen molar-refractivity contribution in [3.63, 3.8) is 0 Å². The van der Waals surface area contributed by atoms with Crippen LogP contribution in [0.3, 0.4) is 0 Å². The Morgan fingerprint density at radius 1 is 0.895 bits per heavy atom. The molecule has 100 valence electrons. The summed E-state index contributed by atoms with van der Waals surface area (Å²) in [7, 11) is 0. The number of anilines is 1. The Morgan fingerprint density at radius 2 is 1.63 bits per heavy atom. The largest absolute Gasteiger partial charge is 0.378 e. The van der Waals surface area contributed by atoms with Crippen molar-refractivity contribution in [1.29, 1.82) is 0 Å². The molecule has 0 atom stereocenters. The van der Waals surface area contributed by atoms with Crippen molar-refractivity contribution in [2.75, 3.05) is 5.32 Å². The molecule has 2 aromatic carbocycles. The lowest BCUT2D eigenvalue weighted by Gasteiger charge is -2.10. The van der Waals surface area contributed by atoms with Gasteiger partial charge in [-0.05, 0) is 31.5 Å². The molecule has 2 aromatic rings. The van der Waals surface area contributed by atoms with E-state index in [0.29, 0.717) is 5.56 Å². The molecule has 0 aliphatic carbocycles. The molecule has 2 rings (SSSR count). The van der Waals surface area contributed by atoms with E-state index in [-0.39, 0.29) is 23.6 Å². The number of hydrogen-bond acceptors (Lipinski definition) is 1. The second-order valence-electron chi connectivity index (χ2n) is 4.53. The van der Waals surface area contributed by atoms with Crippen LogP contribution in [0, 0.1) is 31.3 Å². The predicted octanol–water partition coefficient (Wildman–Crippen LogP) is 4.33. The van der Waals surface area contributed by atoms with Crippen LogP contribution in [-0.2, 0) is 6.54 Å². The van der Waals surface area contributed by atoms with Crippen molar-refractivity contribution >= 4 is 5.69 Å². The summed E-state index contributed by atoms with van der Waals surface area (Å²) in [5, 5.41) is 2.71. The van der Waals surface area contributed by atoms with Crippen molar-refractivity contribution in [3.8, 4) is 0 Å². The van der Waals surface area contributed by atoms with E-state index in [2.05, 4.69) is 5.32 Å². The Balaban J connectivity index is 2.19. The van der Waals surface area contributed by atoms with Crippen molar-refractivity contribution in [2.24, 2.45) is 0 Å². The lowest BCUT2D eigenvalue weighted by molar-refractivity contribution is 0.593. The molecule has 0 amide bonds. The average molecular weight is 265 g/mol. The van der Waals surface area contributed by atoms with E-state index < -0.39 is 11.6 Å². The number of hydrogen-bond donors (Lipinski definition) is 1. The molecule has 1 nitrogen and oxygen atoms in total. The highest BCUT2D eigenvalue weighted by Gasteiger charge is 2.08. The van der Waals surface area contributed by atoms with Crippen LogP contribution in [0.4, 0.5) is 18.9 Å². The summed E-state index contributed by atoms with van der Waals surface area (Å²) in [5.41, 5.74) is 1.60. The Hall–Kier alpha value is -1.97. The lowest BCUT2D eigenvalue weighted by Crippen LogP contribution is -2.04. The van der Waals surface area contributed by atoms with Gasteiger partial charge in [-0.25, -0.2) is 13.2 Å². The number of rotatable bonds is 3. The maximum atomic E-state index is 13.6. The maximum absolute atomic E-state index is 13.6. The highest BCUT2D eigenvalue weighted by atomic mass is 19.1. The van der Waals surface area contributed by atoms with E-state index >= 15 is 0 Å². The Kier molecular flexibility index (Phi) is 3.79. The van der Waals surface area contributed by atoms with Gasteiger partial charge in [0.15, 0.2) is 0 Å². The molecule has 19 heavy (non-hydrogen) atoms. The molecule has 0 saturated heterocycles. The van der Waals surface area contributed by atoms with Gasteiger partial charge in [0.25, 0.3) is 0 Å². The SMILES string of the molecule is Cc1ccc(F)c(CNc2cc(F)c(C)cc2F)c1. The summed E-state index contributed by atoms with van der Waals surface area (Å²) in [6.45, 7) is 3.43. The van der Waals surface area contributed by atoms with Crippen LogP contribution < -0.4 is 5.32 Å². The van der Waals surface area contributed by atoms with Gasteiger partial charge in [0.2, 0.25) is 0 Å². The third-order valence-corrected chi connectivity index (χ3v) is 2.92. The molecule has 1 N–H and O–H groups in total. The first kappa shape index (κ1) is 13.5. The summed E-state index contributed by atoms with van der Waals surface area (Å²) in [6, 6.07) is 6.89. The highest BCUT2D eigenvalue weighted by Crippen LogP contribution is 2.20. The molecule has 0 bridgehead atoms. The summed E-state index contributed by atoms with van der Waals surface area (Å²) in [4.78, 5) is 0. The fourth-order valence-electron chi connectivity index (χ4n) is 1.81.